The number of benzene rings is 1. The quantitative estimate of drug-likeness (QED) is 0.912. The van der Waals surface area contributed by atoms with Crippen LogP contribution in [0.25, 0.3) is 0 Å². The average Bonchev–Trinajstić information content (AvgIpc) is 2.88. The molecule has 1 aliphatic rings. The largest absolute Gasteiger partial charge is 0.348 e. The van der Waals surface area contributed by atoms with Crippen LogP contribution in [0.5, 0.6) is 0 Å². The fraction of sp³-hybridized carbons (Fsp3) is 0.400. The summed E-state index contributed by atoms with van der Waals surface area (Å²) in [7, 11) is 0. The van der Waals surface area contributed by atoms with E-state index in [0.29, 0.717) is 0 Å². The van der Waals surface area contributed by atoms with Crippen molar-refractivity contribution in [1.29, 1.82) is 0 Å². The normalized spacial score (nSPS) is 22.2. The van der Waals surface area contributed by atoms with Crippen LogP contribution < -0.4 is 5.32 Å². The third-order valence-electron chi connectivity index (χ3n) is 3.96. The minimum Gasteiger partial charge on any atom is -0.348 e. The van der Waals surface area contributed by atoms with Crippen LogP contribution >= 0.6 is 15.9 Å². The van der Waals surface area contributed by atoms with Gasteiger partial charge in [-0.05, 0) is 37.5 Å². The number of hydrogen-bond acceptors (Lipinski definition) is 2. The van der Waals surface area contributed by atoms with Gasteiger partial charge in [-0.15, -0.1) is 0 Å². The van der Waals surface area contributed by atoms with Crippen molar-refractivity contribution < 1.29 is 0 Å². The predicted molar refractivity (Wildman–Crippen MR) is 80.1 cm³/mol. The summed E-state index contributed by atoms with van der Waals surface area (Å²) < 4.78 is 1.13. The smallest absolute Gasteiger partial charge is 0.0926 e. The lowest BCUT2D eigenvalue weighted by molar-refractivity contribution is 0.314. The van der Waals surface area contributed by atoms with Crippen LogP contribution in [-0.2, 0) is 18.4 Å². The number of imidazole rings is 1. The topological polar surface area (TPSA) is 40.7 Å². The number of aryl methyl sites for hydroxylation is 1. The van der Waals surface area contributed by atoms with Crippen LogP contribution in [0.3, 0.4) is 0 Å². The highest BCUT2D eigenvalue weighted by Gasteiger charge is 2.33. The maximum Gasteiger partial charge on any atom is 0.0926 e. The van der Waals surface area contributed by atoms with Gasteiger partial charge in [0.05, 0.1) is 17.6 Å². The molecular formula is C15H18BrN3. The van der Waals surface area contributed by atoms with Crippen molar-refractivity contribution in [2.45, 2.75) is 31.7 Å². The molecule has 1 unspecified atom stereocenters. The van der Waals surface area contributed by atoms with Crippen LogP contribution in [-0.4, -0.2) is 16.5 Å². The number of nitrogens with one attached hydrogen (secondary N) is 2. The Labute approximate surface area is 122 Å². The summed E-state index contributed by atoms with van der Waals surface area (Å²) in [6.45, 7) is 3.27. The average molecular weight is 320 g/mol. The first-order chi connectivity index (χ1) is 9.17. The van der Waals surface area contributed by atoms with E-state index in [0.717, 1.165) is 30.3 Å². The molecule has 0 bridgehead atoms. The molecule has 19 heavy (non-hydrogen) atoms. The second kappa shape index (κ2) is 5.10. The zero-order valence-corrected chi connectivity index (χ0v) is 12.6. The minimum atomic E-state index is -0.0132. The summed E-state index contributed by atoms with van der Waals surface area (Å²) in [5.74, 6) is 0. The molecule has 0 saturated carbocycles. The molecule has 0 saturated heterocycles. The van der Waals surface area contributed by atoms with Crippen molar-refractivity contribution in [2.24, 2.45) is 0 Å². The van der Waals surface area contributed by atoms with Crippen molar-refractivity contribution in [2.75, 3.05) is 6.54 Å². The Morgan fingerprint density at radius 3 is 2.89 bits per heavy atom. The Morgan fingerprint density at radius 2 is 2.11 bits per heavy atom. The molecule has 4 heteroatoms. The van der Waals surface area contributed by atoms with E-state index in [-0.39, 0.29) is 5.54 Å². The van der Waals surface area contributed by atoms with Crippen molar-refractivity contribution in [3.8, 4) is 0 Å². The molecular weight excluding hydrogens is 302 g/mol. The summed E-state index contributed by atoms with van der Waals surface area (Å²) in [5.41, 5.74) is 3.84. The SMILES string of the molecule is CC1(CCc2ccc(Br)cc2)NCCc2[nH]cnc21. The number of H-pyrrole nitrogens is 1. The van der Waals surface area contributed by atoms with Gasteiger partial charge in [-0.25, -0.2) is 4.98 Å². The van der Waals surface area contributed by atoms with E-state index >= 15 is 0 Å². The van der Waals surface area contributed by atoms with Crippen molar-refractivity contribution in [3.05, 3.63) is 52.0 Å². The van der Waals surface area contributed by atoms with Crippen LogP contribution in [0.2, 0.25) is 0 Å². The molecule has 3 nitrogen and oxygen atoms in total. The van der Waals surface area contributed by atoms with E-state index in [1.165, 1.54) is 17.0 Å². The Bertz CT molecular complexity index is 561. The number of aromatic amines is 1. The van der Waals surface area contributed by atoms with Crippen LogP contribution in [0.15, 0.2) is 35.1 Å². The zero-order chi connectivity index (χ0) is 13.3. The van der Waals surface area contributed by atoms with E-state index in [4.69, 9.17) is 0 Å². The maximum atomic E-state index is 4.51. The molecule has 3 rings (SSSR count). The Balaban J connectivity index is 1.75. The van der Waals surface area contributed by atoms with Gasteiger partial charge in [-0.1, -0.05) is 28.1 Å². The number of aromatic nitrogens is 2. The Kier molecular flexibility index (Phi) is 3.46. The zero-order valence-electron chi connectivity index (χ0n) is 11.0. The number of hydrogen-bond donors (Lipinski definition) is 2. The van der Waals surface area contributed by atoms with Gasteiger partial charge < -0.3 is 10.3 Å². The fourth-order valence-electron chi connectivity index (χ4n) is 2.79. The van der Waals surface area contributed by atoms with Crippen LogP contribution in [0, 0.1) is 0 Å². The second-order valence-electron chi connectivity index (χ2n) is 5.37. The summed E-state index contributed by atoms with van der Waals surface area (Å²) in [5, 5.41) is 3.63. The monoisotopic (exact) mass is 319 g/mol. The summed E-state index contributed by atoms with van der Waals surface area (Å²) in [4.78, 5) is 7.77. The summed E-state index contributed by atoms with van der Waals surface area (Å²) in [6.07, 6.45) is 4.98. The van der Waals surface area contributed by atoms with E-state index in [1.54, 1.807) is 0 Å². The van der Waals surface area contributed by atoms with Gasteiger partial charge in [0.2, 0.25) is 0 Å². The lowest BCUT2D eigenvalue weighted by Crippen LogP contribution is -2.45. The fourth-order valence-corrected chi connectivity index (χ4v) is 3.05. The Morgan fingerprint density at radius 1 is 1.32 bits per heavy atom. The van der Waals surface area contributed by atoms with Gasteiger partial charge in [0.15, 0.2) is 0 Å². The molecule has 2 aromatic rings. The van der Waals surface area contributed by atoms with Gasteiger partial charge in [-0.3, -0.25) is 0 Å². The highest BCUT2D eigenvalue weighted by molar-refractivity contribution is 9.10. The molecule has 100 valence electrons. The molecule has 1 aromatic carbocycles. The number of fused-ring (bicyclic) bond motifs is 1. The van der Waals surface area contributed by atoms with Gasteiger partial charge in [0, 0.05) is 23.1 Å². The number of halogens is 1. The van der Waals surface area contributed by atoms with Gasteiger partial charge in [-0.2, -0.15) is 0 Å². The first-order valence-corrected chi connectivity index (χ1v) is 7.49. The van der Waals surface area contributed by atoms with Gasteiger partial charge in [0.25, 0.3) is 0 Å². The minimum absolute atomic E-state index is 0.0132. The second-order valence-corrected chi connectivity index (χ2v) is 6.28. The molecule has 2 N–H and O–H groups in total. The molecule has 1 aliphatic heterocycles. The molecule has 0 radical (unpaired) electrons. The summed E-state index contributed by atoms with van der Waals surface area (Å²) in [6, 6.07) is 8.57. The standard InChI is InChI=1S/C15H18BrN3/c1-15(8-6-11-2-4-12(16)5-3-11)14-13(7-9-19-15)17-10-18-14/h2-5,10,19H,6-9H2,1H3,(H,17,18). The third kappa shape index (κ3) is 2.60. The predicted octanol–water partition coefficient (Wildman–Crippen LogP) is 3.17. The highest BCUT2D eigenvalue weighted by atomic mass is 79.9. The van der Waals surface area contributed by atoms with Crippen LogP contribution in [0.4, 0.5) is 0 Å². The van der Waals surface area contributed by atoms with Crippen molar-refractivity contribution in [1.82, 2.24) is 15.3 Å². The first-order valence-electron chi connectivity index (χ1n) is 6.70. The lowest BCUT2D eigenvalue weighted by atomic mass is 9.86. The van der Waals surface area contributed by atoms with Gasteiger partial charge in [0.1, 0.15) is 0 Å². The van der Waals surface area contributed by atoms with E-state index < -0.39 is 0 Å². The van der Waals surface area contributed by atoms with E-state index in [1.807, 2.05) is 6.33 Å². The lowest BCUT2D eigenvalue weighted by Gasteiger charge is -2.34. The molecule has 1 aromatic heterocycles. The van der Waals surface area contributed by atoms with Crippen molar-refractivity contribution >= 4 is 15.9 Å². The third-order valence-corrected chi connectivity index (χ3v) is 4.49. The Hall–Kier alpha value is -1.13. The van der Waals surface area contributed by atoms with Crippen molar-refractivity contribution in [3.63, 3.8) is 0 Å². The number of rotatable bonds is 3. The van der Waals surface area contributed by atoms with Gasteiger partial charge >= 0.3 is 0 Å². The maximum absolute atomic E-state index is 4.51. The molecule has 1 atom stereocenters. The molecule has 0 spiro atoms. The molecule has 2 heterocycles. The molecule has 0 amide bonds. The highest BCUT2D eigenvalue weighted by Crippen LogP contribution is 2.30. The van der Waals surface area contributed by atoms with E-state index in [9.17, 15) is 0 Å². The molecule has 0 aliphatic carbocycles. The van der Waals surface area contributed by atoms with Crippen LogP contribution in [0.1, 0.15) is 30.3 Å². The summed E-state index contributed by atoms with van der Waals surface area (Å²) >= 11 is 3.47. The number of nitrogens with zero attached hydrogens (tertiary/aromatic N) is 1. The van der Waals surface area contributed by atoms with E-state index in [2.05, 4.69) is 62.4 Å². The first kappa shape index (κ1) is 12.9. The molecule has 0 fully saturated rings.